The zero-order valence-electron chi connectivity index (χ0n) is 16.6. The average Bonchev–Trinajstić information content (AvgIpc) is 3.02. The number of benzene rings is 3. The normalized spacial score (nSPS) is 15.0. The largest absolute Gasteiger partial charge is 0.488 e. The van der Waals surface area contributed by atoms with Gasteiger partial charge in [0.1, 0.15) is 18.2 Å². The molecule has 1 aliphatic rings. The summed E-state index contributed by atoms with van der Waals surface area (Å²) >= 11 is 6.47. The lowest BCUT2D eigenvalue weighted by Crippen LogP contribution is -2.27. The Bertz CT molecular complexity index is 1220. The summed E-state index contributed by atoms with van der Waals surface area (Å²) in [6.07, 6.45) is 1.71. The molecule has 0 saturated carbocycles. The van der Waals surface area contributed by atoms with Crippen molar-refractivity contribution in [2.24, 2.45) is 0 Å². The number of amides is 2. The molecule has 0 aliphatic carbocycles. The molecular formula is C24H16BrFINO3S. The van der Waals surface area contributed by atoms with Gasteiger partial charge in [0.25, 0.3) is 11.1 Å². The summed E-state index contributed by atoms with van der Waals surface area (Å²) in [5, 5.41) is -0.283. The van der Waals surface area contributed by atoms with Gasteiger partial charge in [0.15, 0.2) is 0 Å². The summed E-state index contributed by atoms with van der Waals surface area (Å²) in [6, 6.07) is 19.3. The Morgan fingerprint density at radius 1 is 1.03 bits per heavy atom. The first-order valence-corrected chi connectivity index (χ1v) is 12.2. The first kappa shape index (κ1) is 23.0. The van der Waals surface area contributed by atoms with Gasteiger partial charge in [-0.15, -0.1) is 0 Å². The van der Waals surface area contributed by atoms with Gasteiger partial charge in [0.2, 0.25) is 0 Å². The standard InChI is InChI=1S/C24H16BrFINO3S/c25-18-7-4-15(5-8-18)13-28-23(29)22(32-24(28)30)12-16-6-9-21(20(27)11-16)31-14-17-2-1-3-19(26)10-17/h1-12H,13-14H2/b22-12-. The summed E-state index contributed by atoms with van der Waals surface area (Å²) in [7, 11) is 0. The third-order valence-corrected chi connectivity index (χ3v) is 6.94. The van der Waals surface area contributed by atoms with Gasteiger partial charge in [-0.3, -0.25) is 14.5 Å². The van der Waals surface area contributed by atoms with Crippen molar-refractivity contribution in [1.29, 1.82) is 0 Å². The fraction of sp³-hybridized carbons (Fsp3) is 0.0833. The highest BCUT2D eigenvalue weighted by Crippen LogP contribution is 2.34. The molecule has 0 spiro atoms. The molecule has 0 atom stereocenters. The predicted octanol–water partition coefficient (Wildman–Crippen LogP) is 7.01. The molecule has 3 aromatic carbocycles. The smallest absolute Gasteiger partial charge is 0.293 e. The van der Waals surface area contributed by atoms with E-state index in [4.69, 9.17) is 4.74 Å². The third-order valence-electron chi connectivity index (χ3n) is 4.66. The van der Waals surface area contributed by atoms with Crippen molar-refractivity contribution in [3.05, 3.63) is 102 Å². The van der Waals surface area contributed by atoms with Crippen LogP contribution in [0.25, 0.3) is 6.08 Å². The molecule has 1 heterocycles. The van der Waals surface area contributed by atoms with Crippen LogP contribution in [0.2, 0.25) is 0 Å². The monoisotopic (exact) mass is 623 g/mol. The van der Waals surface area contributed by atoms with Crippen LogP contribution in [0.4, 0.5) is 9.18 Å². The van der Waals surface area contributed by atoms with Crippen LogP contribution in [0.1, 0.15) is 16.7 Å². The predicted molar refractivity (Wildman–Crippen MR) is 136 cm³/mol. The van der Waals surface area contributed by atoms with Crippen LogP contribution in [0.15, 0.2) is 76.1 Å². The van der Waals surface area contributed by atoms with Crippen molar-refractivity contribution in [2.45, 2.75) is 13.2 Å². The minimum atomic E-state index is -0.302. The highest BCUT2D eigenvalue weighted by atomic mass is 127. The number of imide groups is 1. The summed E-state index contributed by atoms with van der Waals surface area (Å²) < 4.78 is 20.9. The van der Waals surface area contributed by atoms with E-state index in [0.717, 1.165) is 36.5 Å². The van der Waals surface area contributed by atoms with E-state index in [1.165, 1.54) is 17.0 Å². The molecule has 0 aromatic heterocycles. The number of hydrogen-bond donors (Lipinski definition) is 0. The first-order valence-electron chi connectivity index (χ1n) is 9.55. The van der Waals surface area contributed by atoms with E-state index < -0.39 is 0 Å². The van der Waals surface area contributed by atoms with E-state index in [-0.39, 0.29) is 30.1 Å². The Labute approximate surface area is 211 Å². The van der Waals surface area contributed by atoms with Crippen molar-refractivity contribution in [3.63, 3.8) is 0 Å². The molecule has 0 unspecified atom stereocenters. The van der Waals surface area contributed by atoms with Crippen LogP contribution in [0.5, 0.6) is 5.75 Å². The Hall–Kier alpha value is -2.17. The number of hydrogen-bond acceptors (Lipinski definition) is 4. The van der Waals surface area contributed by atoms with Crippen molar-refractivity contribution >= 4 is 67.5 Å². The van der Waals surface area contributed by atoms with Crippen LogP contribution in [-0.2, 0) is 17.9 Å². The Balaban J connectivity index is 1.45. The molecule has 0 bridgehead atoms. The van der Waals surface area contributed by atoms with Crippen molar-refractivity contribution in [3.8, 4) is 5.75 Å². The Morgan fingerprint density at radius 2 is 1.81 bits per heavy atom. The molecule has 1 fully saturated rings. The van der Waals surface area contributed by atoms with Crippen LogP contribution in [-0.4, -0.2) is 16.0 Å². The van der Waals surface area contributed by atoms with Crippen molar-refractivity contribution in [1.82, 2.24) is 4.90 Å². The molecule has 4 rings (SSSR count). The van der Waals surface area contributed by atoms with Crippen LogP contribution >= 0.6 is 50.3 Å². The van der Waals surface area contributed by atoms with Gasteiger partial charge in [-0.25, -0.2) is 4.39 Å². The third kappa shape index (κ3) is 5.60. The summed E-state index contributed by atoms with van der Waals surface area (Å²) in [4.78, 5) is 26.8. The van der Waals surface area contributed by atoms with Gasteiger partial charge in [0, 0.05) is 4.47 Å². The molecule has 1 aliphatic heterocycles. The second-order valence-electron chi connectivity index (χ2n) is 7.00. The van der Waals surface area contributed by atoms with Crippen LogP contribution < -0.4 is 4.74 Å². The number of thioether (sulfide) groups is 1. The number of carbonyl (C=O) groups is 2. The number of rotatable bonds is 6. The van der Waals surface area contributed by atoms with Crippen LogP contribution in [0.3, 0.4) is 0 Å². The van der Waals surface area contributed by atoms with Gasteiger partial charge < -0.3 is 4.74 Å². The molecule has 3 aromatic rings. The molecular weight excluding hydrogens is 608 g/mol. The highest BCUT2D eigenvalue weighted by Gasteiger charge is 2.35. The Kier molecular flexibility index (Phi) is 7.32. The number of carbonyl (C=O) groups excluding carboxylic acids is 2. The lowest BCUT2D eigenvalue weighted by molar-refractivity contribution is -0.123. The summed E-state index contributed by atoms with van der Waals surface area (Å²) in [6.45, 7) is 0.488. The zero-order valence-corrected chi connectivity index (χ0v) is 21.1. The maximum absolute atomic E-state index is 13.3. The maximum Gasteiger partial charge on any atom is 0.293 e. The quantitative estimate of drug-likeness (QED) is 0.219. The second kappa shape index (κ2) is 10.2. The summed E-state index contributed by atoms with van der Waals surface area (Å²) in [5.41, 5.74) is 2.41. The van der Waals surface area contributed by atoms with Gasteiger partial charge in [-0.2, -0.15) is 0 Å². The molecule has 0 radical (unpaired) electrons. The lowest BCUT2D eigenvalue weighted by atomic mass is 10.2. The lowest BCUT2D eigenvalue weighted by Gasteiger charge is -2.12. The minimum Gasteiger partial charge on any atom is -0.488 e. The SMILES string of the molecule is O=C1S/C(=C\c2ccc(OCc3cccc(F)c3)c(I)c2)C(=O)N1Cc1ccc(Br)cc1. The van der Waals surface area contributed by atoms with E-state index in [9.17, 15) is 14.0 Å². The van der Waals surface area contributed by atoms with E-state index >= 15 is 0 Å². The van der Waals surface area contributed by atoms with Gasteiger partial charge >= 0.3 is 0 Å². The van der Waals surface area contributed by atoms with E-state index in [1.54, 1.807) is 24.3 Å². The maximum atomic E-state index is 13.3. The fourth-order valence-corrected chi connectivity index (χ4v) is 4.87. The van der Waals surface area contributed by atoms with Gasteiger partial charge in [-0.05, 0) is 93.5 Å². The van der Waals surface area contributed by atoms with E-state index in [1.807, 2.05) is 36.4 Å². The molecule has 8 heteroatoms. The molecule has 1 saturated heterocycles. The van der Waals surface area contributed by atoms with Gasteiger partial charge in [0.05, 0.1) is 15.0 Å². The number of ether oxygens (including phenoxy) is 1. The minimum absolute atomic E-state index is 0.236. The molecule has 32 heavy (non-hydrogen) atoms. The Morgan fingerprint density at radius 3 is 2.53 bits per heavy atom. The van der Waals surface area contributed by atoms with Gasteiger partial charge in [-0.1, -0.05) is 46.3 Å². The zero-order chi connectivity index (χ0) is 22.7. The highest BCUT2D eigenvalue weighted by molar-refractivity contribution is 14.1. The van der Waals surface area contributed by atoms with E-state index in [2.05, 4.69) is 38.5 Å². The number of halogens is 3. The molecule has 0 N–H and O–H groups in total. The molecule has 2 amide bonds. The number of nitrogens with zero attached hydrogens (tertiary/aromatic N) is 1. The molecule has 4 nitrogen and oxygen atoms in total. The fourth-order valence-electron chi connectivity index (χ4n) is 3.07. The van der Waals surface area contributed by atoms with Crippen LogP contribution in [0, 0.1) is 9.39 Å². The molecule has 162 valence electrons. The topological polar surface area (TPSA) is 46.6 Å². The average molecular weight is 624 g/mol. The summed E-state index contributed by atoms with van der Waals surface area (Å²) in [5.74, 6) is 0.0601. The second-order valence-corrected chi connectivity index (χ2v) is 10.1. The van der Waals surface area contributed by atoms with E-state index in [0.29, 0.717) is 10.7 Å². The van der Waals surface area contributed by atoms with Crippen molar-refractivity contribution in [2.75, 3.05) is 0 Å². The van der Waals surface area contributed by atoms with Crippen molar-refractivity contribution < 1.29 is 18.7 Å². The first-order chi connectivity index (χ1) is 15.4.